The van der Waals surface area contributed by atoms with Gasteiger partial charge in [0, 0.05) is 25.6 Å². The molecule has 1 aliphatic heterocycles. The molecular formula is C17H23FN2O2. The van der Waals surface area contributed by atoms with E-state index in [4.69, 9.17) is 4.74 Å². The largest absolute Gasteiger partial charge is 0.492 e. The van der Waals surface area contributed by atoms with E-state index in [1.54, 1.807) is 18.2 Å². The molecule has 0 radical (unpaired) electrons. The van der Waals surface area contributed by atoms with Crippen LogP contribution in [-0.2, 0) is 4.79 Å². The number of nitrogens with one attached hydrogen (secondary N) is 1. The topological polar surface area (TPSA) is 41.6 Å². The Kier molecular flexibility index (Phi) is 6.40. The van der Waals surface area contributed by atoms with Crippen molar-refractivity contribution in [2.24, 2.45) is 0 Å². The Morgan fingerprint density at radius 1 is 1.36 bits per heavy atom. The van der Waals surface area contributed by atoms with Crippen LogP contribution in [0.15, 0.2) is 36.9 Å². The Balaban J connectivity index is 1.58. The zero-order valence-electron chi connectivity index (χ0n) is 12.8. The second kappa shape index (κ2) is 8.54. The molecule has 0 saturated carbocycles. The maximum Gasteiger partial charge on any atom is 0.223 e. The van der Waals surface area contributed by atoms with Gasteiger partial charge < -0.3 is 15.0 Å². The van der Waals surface area contributed by atoms with Crippen molar-refractivity contribution in [1.82, 2.24) is 10.2 Å². The second-order valence-corrected chi connectivity index (χ2v) is 5.37. The molecule has 1 aromatic carbocycles. The SMILES string of the molecule is C=CCN1C(=O)CC[C@H]1CCNCCOc1ccc(F)cc1. The Morgan fingerprint density at radius 2 is 2.14 bits per heavy atom. The molecule has 1 fully saturated rings. The van der Waals surface area contributed by atoms with Gasteiger partial charge in [0.15, 0.2) is 0 Å². The molecule has 2 rings (SSSR count). The smallest absolute Gasteiger partial charge is 0.223 e. The number of ether oxygens (including phenoxy) is 1. The van der Waals surface area contributed by atoms with Crippen LogP contribution in [0, 0.1) is 5.82 Å². The van der Waals surface area contributed by atoms with Crippen LogP contribution in [0.5, 0.6) is 5.75 Å². The Bertz CT molecular complexity index is 490. The molecule has 1 aromatic rings. The van der Waals surface area contributed by atoms with Crippen molar-refractivity contribution >= 4 is 5.91 Å². The van der Waals surface area contributed by atoms with Crippen molar-refractivity contribution in [2.45, 2.75) is 25.3 Å². The van der Waals surface area contributed by atoms with E-state index < -0.39 is 0 Å². The summed E-state index contributed by atoms with van der Waals surface area (Å²) in [6, 6.07) is 6.32. The highest BCUT2D eigenvalue weighted by Gasteiger charge is 2.29. The number of likely N-dealkylation sites (tertiary alicyclic amines) is 1. The van der Waals surface area contributed by atoms with Crippen molar-refractivity contribution in [2.75, 3.05) is 26.2 Å². The molecule has 0 unspecified atom stereocenters. The van der Waals surface area contributed by atoms with E-state index in [2.05, 4.69) is 11.9 Å². The van der Waals surface area contributed by atoms with Crippen molar-refractivity contribution in [1.29, 1.82) is 0 Å². The van der Waals surface area contributed by atoms with Gasteiger partial charge in [0.05, 0.1) is 0 Å². The first-order valence-corrected chi connectivity index (χ1v) is 7.70. The third-order valence-electron chi connectivity index (χ3n) is 3.79. The van der Waals surface area contributed by atoms with Gasteiger partial charge >= 0.3 is 0 Å². The molecule has 1 heterocycles. The minimum Gasteiger partial charge on any atom is -0.492 e. The summed E-state index contributed by atoms with van der Waals surface area (Å²) in [5, 5.41) is 3.31. The Morgan fingerprint density at radius 3 is 2.86 bits per heavy atom. The van der Waals surface area contributed by atoms with Crippen molar-refractivity contribution < 1.29 is 13.9 Å². The Labute approximate surface area is 131 Å². The van der Waals surface area contributed by atoms with E-state index >= 15 is 0 Å². The van der Waals surface area contributed by atoms with Gasteiger partial charge in [-0.05, 0) is 43.7 Å². The van der Waals surface area contributed by atoms with Gasteiger partial charge in [-0.3, -0.25) is 4.79 Å². The zero-order valence-corrected chi connectivity index (χ0v) is 12.8. The summed E-state index contributed by atoms with van der Waals surface area (Å²) in [7, 11) is 0. The van der Waals surface area contributed by atoms with Gasteiger partial charge in [-0.2, -0.15) is 0 Å². The fraction of sp³-hybridized carbons (Fsp3) is 0.471. The lowest BCUT2D eigenvalue weighted by molar-refractivity contribution is -0.128. The second-order valence-electron chi connectivity index (χ2n) is 5.37. The monoisotopic (exact) mass is 306 g/mol. The number of nitrogens with zero attached hydrogens (tertiary/aromatic N) is 1. The van der Waals surface area contributed by atoms with E-state index in [1.807, 2.05) is 4.90 Å². The van der Waals surface area contributed by atoms with E-state index in [-0.39, 0.29) is 11.7 Å². The summed E-state index contributed by atoms with van der Waals surface area (Å²) < 4.78 is 18.2. The molecule has 120 valence electrons. The van der Waals surface area contributed by atoms with Crippen molar-refractivity contribution in [3.8, 4) is 5.75 Å². The molecule has 0 spiro atoms. The van der Waals surface area contributed by atoms with Crippen molar-refractivity contribution in [3.05, 3.63) is 42.7 Å². The summed E-state index contributed by atoms with van der Waals surface area (Å²) in [5.41, 5.74) is 0. The summed E-state index contributed by atoms with van der Waals surface area (Å²) in [4.78, 5) is 13.6. The first kappa shape index (κ1) is 16.5. The molecule has 4 nitrogen and oxygen atoms in total. The highest BCUT2D eigenvalue weighted by molar-refractivity contribution is 5.78. The summed E-state index contributed by atoms with van der Waals surface area (Å²) in [5.74, 6) is 0.631. The maximum atomic E-state index is 12.7. The minimum absolute atomic E-state index is 0.226. The number of rotatable bonds is 9. The molecule has 0 bridgehead atoms. The molecular weight excluding hydrogens is 283 g/mol. The molecule has 1 amide bonds. The number of hydrogen-bond donors (Lipinski definition) is 1. The molecule has 1 N–H and O–H groups in total. The van der Waals surface area contributed by atoms with Gasteiger partial charge in [-0.1, -0.05) is 6.08 Å². The van der Waals surface area contributed by atoms with Crippen LogP contribution < -0.4 is 10.1 Å². The van der Waals surface area contributed by atoms with Crippen LogP contribution in [0.1, 0.15) is 19.3 Å². The average molecular weight is 306 g/mol. The standard InChI is InChI=1S/C17H23FN2O2/c1-2-12-20-15(5-8-17(20)21)9-10-19-11-13-22-16-6-3-14(18)4-7-16/h2-4,6-7,15,19H,1,5,8-13H2/t15-/m0/s1. The molecule has 22 heavy (non-hydrogen) atoms. The third kappa shape index (κ3) is 4.84. The minimum atomic E-state index is -0.263. The highest BCUT2D eigenvalue weighted by atomic mass is 19.1. The van der Waals surface area contributed by atoms with Crippen molar-refractivity contribution in [3.63, 3.8) is 0 Å². The number of carbonyl (C=O) groups excluding carboxylic acids is 1. The molecule has 5 heteroatoms. The van der Waals surface area contributed by atoms with Crippen LogP contribution in [0.4, 0.5) is 4.39 Å². The predicted octanol–water partition coefficient (Wildman–Crippen LogP) is 2.36. The number of hydrogen-bond acceptors (Lipinski definition) is 3. The molecule has 0 aliphatic carbocycles. The molecule has 1 aliphatic rings. The number of carbonyl (C=O) groups is 1. The fourth-order valence-electron chi connectivity index (χ4n) is 2.65. The lowest BCUT2D eigenvalue weighted by atomic mass is 10.1. The average Bonchev–Trinajstić information content (AvgIpc) is 2.86. The molecule has 1 saturated heterocycles. The zero-order chi connectivity index (χ0) is 15.8. The lowest BCUT2D eigenvalue weighted by Crippen LogP contribution is -2.35. The highest BCUT2D eigenvalue weighted by Crippen LogP contribution is 2.20. The fourth-order valence-corrected chi connectivity index (χ4v) is 2.65. The van der Waals surface area contributed by atoms with Gasteiger partial charge in [0.1, 0.15) is 18.2 Å². The first-order chi connectivity index (χ1) is 10.7. The molecule has 1 atom stereocenters. The van der Waals surface area contributed by atoms with Crippen LogP contribution in [0.2, 0.25) is 0 Å². The third-order valence-corrected chi connectivity index (χ3v) is 3.79. The van der Waals surface area contributed by atoms with Gasteiger partial charge in [-0.15, -0.1) is 6.58 Å². The normalized spacial score (nSPS) is 17.8. The van der Waals surface area contributed by atoms with E-state index in [9.17, 15) is 9.18 Å². The van der Waals surface area contributed by atoms with Gasteiger partial charge in [0.25, 0.3) is 0 Å². The molecule has 0 aromatic heterocycles. The van der Waals surface area contributed by atoms with Crippen LogP contribution >= 0.6 is 0 Å². The number of halogens is 1. The number of benzene rings is 1. The van der Waals surface area contributed by atoms with Crippen LogP contribution in [0.25, 0.3) is 0 Å². The quantitative estimate of drug-likeness (QED) is 0.562. The summed E-state index contributed by atoms with van der Waals surface area (Å²) >= 11 is 0. The van der Waals surface area contributed by atoms with Crippen LogP contribution in [0.3, 0.4) is 0 Å². The predicted molar refractivity (Wildman–Crippen MR) is 84.3 cm³/mol. The van der Waals surface area contributed by atoms with Crippen LogP contribution in [-0.4, -0.2) is 43.1 Å². The van der Waals surface area contributed by atoms with E-state index in [1.165, 1.54) is 12.1 Å². The maximum absolute atomic E-state index is 12.7. The summed E-state index contributed by atoms with van der Waals surface area (Å²) in [6.07, 6.45) is 4.29. The van der Waals surface area contributed by atoms with Gasteiger partial charge in [-0.25, -0.2) is 4.39 Å². The first-order valence-electron chi connectivity index (χ1n) is 7.70. The van der Waals surface area contributed by atoms with Gasteiger partial charge in [0.2, 0.25) is 5.91 Å². The lowest BCUT2D eigenvalue weighted by Gasteiger charge is -2.23. The Hall–Kier alpha value is -1.88. The summed E-state index contributed by atoms with van der Waals surface area (Å²) in [6.45, 7) is 6.44. The number of amides is 1. The van der Waals surface area contributed by atoms with E-state index in [0.717, 1.165) is 25.9 Å². The van der Waals surface area contributed by atoms with E-state index in [0.29, 0.717) is 31.4 Å².